The van der Waals surface area contributed by atoms with Gasteiger partial charge < -0.3 is 26.8 Å². The highest BCUT2D eigenvalue weighted by Gasteiger charge is 2.22. The van der Waals surface area contributed by atoms with Gasteiger partial charge in [0, 0.05) is 0 Å². The van der Waals surface area contributed by atoms with E-state index >= 15 is 0 Å². The number of amides is 3. The van der Waals surface area contributed by atoms with Gasteiger partial charge in [-0.1, -0.05) is 13.8 Å². The lowest BCUT2D eigenvalue weighted by molar-refractivity contribution is -0.139. The Balaban J connectivity index is 4.31. The fourth-order valence-corrected chi connectivity index (χ4v) is 1.84. The summed E-state index contributed by atoms with van der Waals surface area (Å²) in [5.74, 6) is -3.06. The Hall–Kier alpha value is -2.49. The highest BCUT2D eigenvalue weighted by atomic mass is 16.4. The first-order valence-corrected chi connectivity index (χ1v) is 7.79. The number of carbonyl (C=O) groups is 4. The molecule has 0 aliphatic rings. The number of nitrogens with one attached hydrogen (secondary N) is 3. The van der Waals surface area contributed by atoms with Gasteiger partial charge in [-0.05, 0) is 19.3 Å². The standard InChI is InChI=1S/C15H25N4O6/c1-8(2)4-10(7-20)19-12(21)6-17-14(24)9(3)18-15(25)11(16)5-13(22)23/h8-11H,4-6,16H2,1-3H3,(H,17,24)(H,18,25)(H,19,21)(H,22,23)/t9-,10-,11-/m0/s1. The molecule has 0 aliphatic carbocycles. The molecule has 0 aromatic carbocycles. The summed E-state index contributed by atoms with van der Waals surface area (Å²) < 4.78 is 0. The SMILES string of the molecule is CC(C)C[C@@H]([C]=O)NC(=O)CNC(=O)[C@H](C)NC(=O)[C@@H](N)CC(=O)O. The van der Waals surface area contributed by atoms with Crippen LogP contribution < -0.4 is 21.7 Å². The Bertz CT molecular complexity index is 508. The van der Waals surface area contributed by atoms with Crippen molar-refractivity contribution in [1.29, 1.82) is 0 Å². The highest BCUT2D eigenvalue weighted by molar-refractivity contribution is 5.92. The zero-order valence-corrected chi connectivity index (χ0v) is 14.5. The average molecular weight is 357 g/mol. The van der Waals surface area contributed by atoms with Gasteiger partial charge in [-0.3, -0.25) is 24.0 Å². The molecule has 0 bridgehead atoms. The van der Waals surface area contributed by atoms with Crippen molar-refractivity contribution >= 4 is 30.0 Å². The van der Waals surface area contributed by atoms with E-state index in [0.717, 1.165) is 0 Å². The van der Waals surface area contributed by atoms with Gasteiger partial charge in [0.1, 0.15) is 6.04 Å². The predicted octanol–water partition coefficient (Wildman–Crippen LogP) is -1.95. The number of carboxylic acid groups (broad SMARTS) is 1. The van der Waals surface area contributed by atoms with Gasteiger partial charge in [0.2, 0.25) is 24.0 Å². The van der Waals surface area contributed by atoms with Gasteiger partial charge in [-0.25, -0.2) is 0 Å². The second kappa shape index (κ2) is 11.1. The molecule has 0 heterocycles. The van der Waals surface area contributed by atoms with Crippen LogP contribution in [0.1, 0.15) is 33.6 Å². The molecular formula is C15H25N4O6. The second-order valence-electron chi connectivity index (χ2n) is 6.02. The van der Waals surface area contributed by atoms with E-state index in [0.29, 0.717) is 6.42 Å². The monoisotopic (exact) mass is 357 g/mol. The summed E-state index contributed by atoms with van der Waals surface area (Å²) in [5.41, 5.74) is 5.37. The molecule has 0 rings (SSSR count). The lowest BCUT2D eigenvalue weighted by Crippen LogP contribution is -2.52. The maximum absolute atomic E-state index is 11.8. The van der Waals surface area contributed by atoms with Crippen LogP contribution in [0.2, 0.25) is 0 Å². The highest BCUT2D eigenvalue weighted by Crippen LogP contribution is 2.02. The Morgan fingerprint density at radius 2 is 1.68 bits per heavy atom. The van der Waals surface area contributed by atoms with Gasteiger partial charge in [0.05, 0.1) is 25.0 Å². The Morgan fingerprint density at radius 3 is 2.16 bits per heavy atom. The first-order valence-electron chi connectivity index (χ1n) is 7.79. The molecule has 0 saturated heterocycles. The molecule has 3 atom stereocenters. The van der Waals surface area contributed by atoms with E-state index in [2.05, 4.69) is 16.0 Å². The smallest absolute Gasteiger partial charge is 0.305 e. The minimum absolute atomic E-state index is 0.187. The Labute approximate surface area is 145 Å². The van der Waals surface area contributed by atoms with E-state index in [1.807, 2.05) is 13.8 Å². The third-order valence-electron chi connectivity index (χ3n) is 3.09. The van der Waals surface area contributed by atoms with E-state index in [1.165, 1.54) is 6.92 Å². The molecule has 1 radical (unpaired) electrons. The van der Waals surface area contributed by atoms with Crippen molar-refractivity contribution in [3.8, 4) is 0 Å². The molecule has 0 fully saturated rings. The summed E-state index contributed by atoms with van der Waals surface area (Å²) in [6.45, 7) is 4.76. The summed E-state index contributed by atoms with van der Waals surface area (Å²) in [5, 5.41) is 15.5. The number of hydrogen-bond acceptors (Lipinski definition) is 6. The van der Waals surface area contributed by atoms with Crippen LogP contribution in [0, 0.1) is 5.92 Å². The van der Waals surface area contributed by atoms with Crippen LogP contribution >= 0.6 is 0 Å². The van der Waals surface area contributed by atoms with Crippen LogP contribution in [-0.2, 0) is 24.0 Å². The maximum Gasteiger partial charge on any atom is 0.305 e. The maximum atomic E-state index is 11.8. The second-order valence-corrected chi connectivity index (χ2v) is 6.02. The van der Waals surface area contributed by atoms with Crippen LogP contribution in [0.3, 0.4) is 0 Å². The molecule has 0 aliphatic heterocycles. The number of carboxylic acids is 1. The lowest BCUT2D eigenvalue weighted by atomic mass is 10.1. The number of aliphatic carboxylic acids is 1. The van der Waals surface area contributed by atoms with Crippen molar-refractivity contribution in [1.82, 2.24) is 16.0 Å². The van der Waals surface area contributed by atoms with Crippen molar-refractivity contribution in [2.75, 3.05) is 6.54 Å². The number of nitrogens with two attached hydrogens (primary N) is 1. The molecule has 10 heteroatoms. The van der Waals surface area contributed by atoms with Gasteiger partial charge in [0.15, 0.2) is 0 Å². The van der Waals surface area contributed by atoms with Gasteiger partial charge in [-0.15, -0.1) is 0 Å². The van der Waals surface area contributed by atoms with Crippen LogP contribution in [0.5, 0.6) is 0 Å². The van der Waals surface area contributed by atoms with Crippen LogP contribution in [0.25, 0.3) is 0 Å². The summed E-state index contributed by atoms with van der Waals surface area (Å²) in [7, 11) is 0. The molecule has 10 nitrogen and oxygen atoms in total. The van der Waals surface area contributed by atoms with Gasteiger partial charge in [0.25, 0.3) is 0 Å². The molecule has 141 valence electrons. The van der Waals surface area contributed by atoms with Crippen molar-refractivity contribution < 1.29 is 29.1 Å². The van der Waals surface area contributed by atoms with E-state index < -0.39 is 48.2 Å². The third-order valence-corrected chi connectivity index (χ3v) is 3.09. The van der Waals surface area contributed by atoms with Crippen molar-refractivity contribution in [2.24, 2.45) is 11.7 Å². The topological polar surface area (TPSA) is 168 Å². The minimum atomic E-state index is -1.28. The van der Waals surface area contributed by atoms with E-state index in [9.17, 15) is 24.0 Å². The van der Waals surface area contributed by atoms with Crippen molar-refractivity contribution in [2.45, 2.75) is 51.7 Å². The van der Waals surface area contributed by atoms with Gasteiger partial charge >= 0.3 is 5.97 Å². The predicted molar refractivity (Wildman–Crippen MR) is 87.9 cm³/mol. The number of carbonyl (C=O) groups excluding carboxylic acids is 4. The molecule has 0 unspecified atom stereocenters. The van der Waals surface area contributed by atoms with Crippen LogP contribution in [0.15, 0.2) is 0 Å². The number of hydrogen-bond donors (Lipinski definition) is 5. The average Bonchev–Trinajstić information content (AvgIpc) is 2.50. The van der Waals surface area contributed by atoms with E-state index in [1.54, 1.807) is 6.29 Å². The molecule has 0 saturated carbocycles. The molecule has 6 N–H and O–H groups in total. The summed E-state index contributed by atoms with van der Waals surface area (Å²) in [6.07, 6.45) is 1.58. The van der Waals surface area contributed by atoms with E-state index in [-0.39, 0.29) is 12.5 Å². The summed E-state index contributed by atoms with van der Waals surface area (Å²) in [6, 6.07) is -3.05. The quantitative estimate of drug-likeness (QED) is 0.286. The molecular weight excluding hydrogens is 332 g/mol. The number of rotatable bonds is 11. The molecule has 0 aromatic heterocycles. The van der Waals surface area contributed by atoms with Crippen LogP contribution in [-0.4, -0.2) is 59.8 Å². The van der Waals surface area contributed by atoms with Crippen molar-refractivity contribution in [3.63, 3.8) is 0 Å². The first kappa shape index (κ1) is 22.5. The van der Waals surface area contributed by atoms with Gasteiger partial charge in [-0.2, -0.15) is 0 Å². The molecule has 3 amide bonds. The van der Waals surface area contributed by atoms with Crippen molar-refractivity contribution in [3.05, 3.63) is 0 Å². The zero-order valence-electron chi connectivity index (χ0n) is 14.5. The lowest BCUT2D eigenvalue weighted by Gasteiger charge is -2.17. The van der Waals surface area contributed by atoms with E-state index in [4.69, 9.17) is 10.8 Å². The minimum Gasteiger partial charge on any atom is -0.481 e. The molecule has 0 aromatic rings. The fraction of sp³-hybridized carbons (Fsp3) is 0.667. The van der Waals surface area contributed by atoms with Crippen LogP contribution in [0.4, 0.5) is 0 Å². The molecule has 0 spiro atoms. The molecule has 25 heavy (non-hydrogen) atoms. The fourth-order valence-electron chi connectivity index (χ4n) is 1.84. The Morgan fingerprint density at radius 1 is 1.08 bits per heavy atom. The Kier molecular flexibility index (Phi) is 10.0. The first-order chi connectivity index (χ1) is 11.6. The summed E-state index contributed by atoms with van der Waals surface area (Å²) in [4.78, 5) is 56.4. The largest absolute Gasteiger partial charge is 0.481 e. The normalized spacial score (nSPS) is 14.1. The zero-order chi connectivity index (χ0) is 19.6. The summed E-state index contributed by atoms with van der Waals surface area (Å²) >= 11 is 0. The third kappa shape index (κ3) is 10.1.